The molecule has 144 valence electrons. The van der Waals surface area contributed by atoms with Gasteiger partial charge in [-0.15, -0.1) is 0 Å². The average Bonchev–Trinajstić information content (AvgIpc) is 3.06. The molecule has 0 amide bonds. The van der Waals surface area contributed by atoms with Gasteiger partial charge in [-0.25, -0.2) is 0 Å². The molecule has 0 spiro atoms. The van der Waals surface area contributed by atoms with E-state index < -0.39 is 0 Å². The van der Waals surface area contributed by atoms with Gasteiger partial charge in [-0.1, -0.05) is 36.4 Å². The molecule has 0 aliphatic carbocycles. The lowest BCUT2D eigenvalue weighted by atomic mass is 9.68. The van der Waals surface area contributed by atoms with Crippen LogP contribution in [0, 0.1) is 12.8 Å². The van der Waals surface area contributed by atoms with Crippen LogP contribution in [0.25, 0.3) is 0 Å². The maximum absolute atomic E-state index is 5.35. The standard InChI is InChI=1S/C23H31N3O/c1-19-7-6-10-22(24-19)17-25-12-11-23(20-8-4-3-5-9-20)18-26(13-14-27-2)16-21(23)15-25/h3-10,21H,11-18H2,1-2H3/t21-,23-/m1/s1. The maximum Gasteiger partial charge on any atom is 0.0589 e. The second kappa shape index (κ2) is 8.09. The molecule has 0 N–H and O–H groups in total. The van der Waals surface area contributed by atoms with Crippen LogP contribution in [0.2, 0.25) is 0 Å². The Bertz CT molecular complexity index is 750. The van der Waals surface area contributed by atoms with E-state index in [1.165, 1.54) is 17.7 Å². The molecule has 2 aliphatic rings. The molecule has 4 rings (SSSR count). The molecule has 0 bridgehead atoms. The molecule has 4 nitrogen and oxygen atoms in total. The van der Waals surface area contributed by atoms with Crippen molar-refractivity contribution in [2.75, 3.05) is 46.4 Å². The highest BCUT2D eigenvalue weighted by Gasteiger charge is 2.50. The lowest BCUT2D eigenvalue weighted by molar-refractivity contribution is 0.116. The quantitative estimate of drug-likeness (QED) is 0.786. The van der Waals surface area contributed by atoms with Crippen molar-refractivity contribution in [3.05, 3.63) is 65.5 Å². The molecular formula is C23H31N3O. The zero-order chi connectivity index (χ0) is 18.7. The van der Waals surface area contributed by atoms with Crippen LogP contribution >= 0.6 is 0 Å². The number of benzene rings is 1. The van der Waals surface area contributed by atoms with E-state index in [-0.39, 0.29) is 5.41 Å². The van der Waals surface area contributed by atoms with Crippen LogP contribution in [0.3, 0.4) is 0 Å². The highest BCUT2D eigenvalue weighted by atomic mass is 16.5. The van der Waals surface area contributed by atoms with Crippen molar-refractivity contribution in [2.24, 2.45) is 5.92 Å². The number of piperidine rings is 1. The van der Waals surface area contributed by atoms with Crippen LogP contribution in [0.1, 0.15) is 23.4 Å². The van der Waals surface area contributed by atoms with Gasteiger partial charge in [-0.3, -0.25) is 14.8 Å². The van der Waals surface area contributed by atoms with Crippen molar-refractivity contribution in [2.45, 2.75) is 25.3 Å². The molecule has 0 unspecified atom stereocenters. The van der Waals surface area contributed by atoms with E-state index in [0.717, 1.165) is 51.6 Å². The number of aromatic nitrogens is 1. The largest absolute Gasteiger partial charge is 0.383 e. The van der Waals surface area contributed by atoms with Gasteiger partial charge in [0.2, 0.25) is 0 Å². The van der Waals surface area contributed by atoms with Crippen LogP contribution in [-0.4, -0.2) is 61.2 Å². The molecule has 1 aromatic carbocycles. The Morgan fingerprint density at radius 3 is 2.67 bits per heavy atom. The summed E-state index contributed by atoms with van der Waals surface area (Å²) in [5.74, 6) is 0.662. The van der Waals surface area contributed by atoms with E-state index in [0.29, 0.717) is 5.92 Å². The summed E-state index contributed by atoms with van der Waals surface area (Å²) < 4.78 is 5.35. The van der Waals surface area contributed by atoms with Gasteiger partial charge < -0.3 is 4.74 Å². The van der Waals surface area contributed by atoms with Gasteiger partial charge >= 0.3 is 0 Å². The van der Waals surface area contributed by atoms with Gasteiger partial charge in [0, 0.05) is 50.9 Å². The number of likely N-dealkylation sites (tertiary alicyclic amines) is 2. The SMILES string of the molecule is COCCN1C[C@H]2CN(Cc3cccc(C)n3)CC[C@]2(c2ccccc2)C1. The van der Waals surface area contributed by atoms with Crippen molar-refractivity contribution in [1.29, 1.82) is 0 Å². The fourth-order valence-corrected chi connectivity index (χ4v) is 5.05. The Hall–Kier alpha value is -1.75. The van der Waals surface area contributed by atoms with Crippen LogP contribution in [0.4, 0.5) is 0 Å². The lowest BCUT2D eigenvalue weighted by Crippen LogP contribution is -2.49. The Labute approximate surface area is 163 Å². The summed E-state index contributed by atoms with van der Waals surface area (Å²) >= 11 is 0. The summed E-state index contributed by atoms with van der Waals surface area (Å²) in [5.41, 5.74) is 4.10. The average molecular weight is 366 g/mol. The first-order chi connectivity index (χ1) is 13.2. The predicted octanol–water partition coefficient (Wildman–Crippen LogP) is 3.11. The summed E-state index contributed by atoms with van der Waals surface area (Å²) in [7, 11) is 1.80. The van der Waals surface area contributed by atoms with E-state index in [1.807, 2.05) is 0 Å². The van der Waals surface area contributed by atoms with Gasteiger partial charge in [-0.2, -0.15) is 0 Å². The van der Waals surface area contributed by atoms with Crippen molar-refractivity contribution in [3.63, 3.8) is 0 Å². The topological polar surface area (TPSA) is 28.6 Å². The molecule has 2 saturated heterocycles. The van der Waals surface area contributed by atoms with Crippen molar-refractivity contribution in [1.82, 2.24) is 14.8 Å². The fourth-order valence-electron chi connectivity index (χ4n) is 5.05. The molecule has 1 aromatic heterocycles. The van der Waals surface area contributed by atoms with Crippen molar-refractivity contribution in [3.8, 4) is 0 Å². The third kappa shape index (κ3) is 3.93. The van der Waals surface area contributed by atoms with E-state index in [2.05, 4.69) is 65.3 Å². The summed E-state index contributed by atoms with van der Waals surface area (Å²) in [6.07, 6.45) is 1.22. The van der Waals surface area contributed by atoms with Crippen LogP contribution in [0.5, 0.6) is 0 Å². The molecule has 0 saturated carbocycles. The molecule has 2 aliphatic heterocycles. The number of aryl methyl sites for hydroxylation is 1. The first kappa shape index (κ1) is 18.6. The number of methoxy groups -OCH3 is 1. The molecule has 2 aromatic rings. The number of hydrogen-bond acceptors (Lipinski definition) is 4. The summed E-state index contributed by atoms with van der Waals surface area (Å²) in [6.45, 7) is 9.48. The van der Waals surface area contributed by atoms with Gasteiger partial charge in [0.1, 0.15) is 0 Å². The van der Waals surface area contributed by atoms with E-state index >= 15 is 0 Å². The Kier molecular flexibility index (Phi) is 5.58. The molecule has 2 atom stereocenters. The van der Waals surface area contributed by atoms with E-state index in [1.54, 1.807) is 7.11 Å². The molecule has 0 radical (unpaired) electrons. The molecule has 27 heavy (non-hydrogen) atoms. The summed E-state index contributed by atoms with van der Waals surface area (Å²) in [6, 6.07) is 17.6. The van der Waals surface area contributed by atoms with Gasteiger partial charge in [0.25, 0.3) is 0 Å². The summed E-state index contributed by atoms with van der Waals surface area (Å²) in [4.78, 5) is 9.93. The third-order valence-electron chi connectivity index (χ3n) is 6.41. The minimum Gasteiger partial charge on any atom is -0.383 e. The van der Waals surface area contributed by atoms with E-state index in [9.17, 15) is 0 Å². The lowest BCUT2D eigenvalue weighted by Gasteiger charge is -2.44. The first-order valence-corrected chi connectivity index (χ1v) is 10.1. The molecule has 2 fully saturated rings. The normalized spacial score (nSPS) is 26.2. The Balaban J connectivity index is 1.52. The molecule has 4 heteroatoms. The second-order valence-corrected chi connectivity index (χ2v) is 8.20. The van der Waals surface area contributed by atoms with Crippen LogP contribution in [0.15, 0.2) is 48.5 Å². The highest BCUT2D eigenvalue weighted by molar-refractivity contribution is 5.30. The van der Waals surface area contributed by atoms with Crippen molar-refractivity contribution < 1.29 is 4.74 Å². The van der Waals surface area contributed by atoms with Crippen molar-refractivity contribution >= 4 is 0 Å². The van der Waals surface area contributed by atoms with Crippen LogP contribution in [-0.2, 0) is 16.7 Å². The van der Waals surface area contributed by atoms with Gasteiger partial charge in [-0.05, 0) is 43.5 Å². The van der Waals surface area contributed by atoms with Crippen LogP contribution < -0.4 is 0 Å². The first-order valence-electron chi connectivity index (χ1n) is 10.1. The number of hydrogen-bond donors (Lipinski definition) is 0. The highest BCUT2D eigenvalue weighted by Crippen LogP contribution is 2.45. The minimum absolute atomic E-state index is 0.283. The predicted molar refractivity (Wildman–Crippen MR) is 109 cm³/mol. The number of ether oxygens (including phenoxy) is 1. The Morgan fingerprint density at radius 1 is 1.07 bits per heavy atom. The molecular weight excluding hydrogens is 334 g/mol. The number of rotatable bonds is 6. The van der Waals surface area contributed by atoms with Gasteiger partial charge in [0.15, 0.2) is 0 Å². The fraction of sp³-hybridized carbons (Fsp3) is 0.522. The zero-order valence-electron chi connectivity index (χ0n) is 16.6. The maximum atomic E-state index is 5.35. The van der Waals surface area contributed by atoms with E-state index in [4.69, 9.17) is 9.72 Å². The zero-order valence-corrected chi connectivity index (χ0v) is 16.6. The smallest absolute Gasteiger partial charge is 0.0589 e. The monoisotopic (exact) mass is 365 g/mol. The number of nitrogens with zero attached hydrogens (tertiary/aromatic N) is 3. The summed E-state index contributed by atoms with van der Waals surface area (Å²) in [5, 5.41) is 0. The second-order valence-electron chi connectivity index (χ2n) is 8.20. The third-order valence-corrected chi connectivity index (χ3v) is 6.41. The number of fused-ring (bicyclic) bond motifs is 1. The minimum atomic E-state index is 0.283. The van der Waals surface area contributed by atoms with Gasteiger partial charge in [0.05, 0.1) is 12.3 Å². The molecule has 3 heterocycles. The Morgan fingerprint density at radius 2 is 1.89 bits per heavy atom. The number of pyridine rings is 1.